The molecule has 0 spiro atoms. The van der Waals surface area contributed by atoms with E-state index in [2.05, 4.69) is 36.1 Å². The summed E-state index contributed by atoms with van der Waals surface area (Å²) in [5, 5.41) is 0. The molecule has 0 saturated carbocycles. The van der Waals surface area contributed by atoms with Crippen molar-refractivity contribution in [1.29, 1.82) is 0 Å². The highest BCUT2D eigenvalue weighted by atomic mass is 32.2. The molecule has 2 N–H and O–H groups in total. The number of carbonyl (C=O) groups is 1. The number of hydrogen-bond donors (Lipinski definition) is 1. The van der Waals surface area contributed by atoms with E-state index in [-0.39, 0.29) is 6.04 Å². The summed E-state index contributed by atoms with van der Waals surface area (Å²) in [6.07, 6.45) is 4.99. The monoisotopic (exact) mass is 320 g/mol. The fourth-order valence-electron chi connectivity index (χ4n) is 2.88. The fraction of sp³-hybridized carbons (Fsp3) is 0.611. The first-order valence-corrected chi connectivity index (χ1v) is 9.51. The van der Waals surface area contributed by atoms with Gasteiger partial charge in [0.1, 0.15) is 0 Å². The van der Waals surface area contributed by atoms with E-state index in [0.717, 1.165) is 50.3 Å². The van der Waals surface area contributed by atoms with Crippen LogP contribution >= 0.6 is 11.8 Å². The number of nitrogens with two attached hydrogens (primary N) is 1. The predicted octanol–water partition coefficient (Wildman–Crippen LogP) is 3.52. The highest BCUT2D eigenvalue weighted by Crippen LogP contribution is 2.30. The summed E-state index contributed by atoms with van der Waals surface area (Å²) >= 11 is 1.95. The van der Waals surface area contributed by atoms with E-state index in [1.807, 2.05) is 11.8 Å². The van der Waals surface area contributed by atoms with Gasteiger partial charge in [-0.25, -0.2) is 0 Å². The van der Waals surface area contributed by atoms with Gasteiger partial charge in [-0.3, -0.25) is 4.79 Å². The molecular weight excluding hydrogens is 292 g/mol. The van der Waals surface area contributed by atoms with Crippen molar-refractivity contribution in [2.75, 3.05) is 24.6 Å². The number of unbranched alkanes of at least 4 members (excludes halogenated alkanes) is 3. The Hall–Kier alpha value is -1.00. The van der Waals surface area contributed by atoms with Crippen LogP contribution in [0, 0.1) is 6.92 Å². The maximum atomic E-state index is 12.6. The van der Waals surface area contributed by atoms with Crippen molar-refractivity contribution in [3.8, 4) is 0 Å². The van der Waals surface area contributed by atoms with Crippen LogP contribution in [0.5, 0.6) is 0 Å². The summed E-state index contributed by atoms with van der Waals surface area (Å²) in [6.45, 7) is 3.74. The Balaban J connectivity index is 1.91. The van der Waals surface area contributed by atoms with Crippen molar-refractivity contribution in [2.45, 2.75) is 45.1 Å². The molecule has 1 aromatic rings. The first kappa shape index (κ1) is 17.4. The molecule has 122 valence electrons. The quantitative estimate of drug-likeness (QED) is 0.782. The van der Waals surface area contributed by atoms with Crippen LogP contribution in [-0.4, -0.2) is 35.4 Å². The average molecular weight is 321 g/mol. The third-order valence-electron chi connectivity index (χ3n) is 4.26. The van der Waals surface area contributed by atoms with Crippen LogP contribution in [0.15, 0.2) is 24.3 Å². The Labute approximate surface area is 138 Å². The maximum absolute atomic E-state index is 12.6. The molecule has 1 heterocycles. The first-order valence-electron chi connectivity index (χ1n) is 8.36. The van der Waals surface area contributed by atoms with Gasteiger partial charge < -0.3 is 10.6 Å². The standard InChI is InChI=1S/C18H28N2OS/c1-15-7-9-16(10-8-15)17-14-22-13-12-20(17)18(21)6-4-2-3-5-11-19/h7-10,17H,2-6,11-14,19H2,1H3. The molecule has 2 rings (SSSR count). The Kier molecular flexibility index (Phi) is 7.26. The molecule has 1 aliphatic rings. The Bertz CT molecular complexity index is 461. The molecule has 0 aliphatic carbocycles. The van der Waals surface area contributed by atoms with Gasteiger partial charge in [0.05, 0.1) is 6.04 Å². The number of aryl methyl sites for hydroxylation is 1. The van der Waals surface area contributed by atoms with Gasteiger partial charge in [0, 0.05) is 24.5 Å². The highest BCUT2D eigenvalue weighted by Gasteiger charge is 2.27. The molecule has 1 fully saturated rings. The van der Waals surface area contributed by atoms with Crippen LogP contribution < -0.4 is 5.73 Å². The third kappa shape index (κ3) is 5.03. The molecule has 1 saturated heterocycles. The smallest absolute Gasteiger partial charge is 0.223 e. The Morgan fingerprint density at radius 1 is 1.23 bits per heavy atom. The van der Waals surface area contributed by atoms with Gasteiger partial charge in [-0.15, -0.1) is 0 Å². The summed E-state index contributed by atoms with van der Waals surface area (Å²) in [5.74, 6) is 2.39. The van der Waals surface area contributed by atoms with E-state index in [9.17, 15) is 4.79 Å². The number of rotatable bonds is 7. The second kappa shape index (κ2) is 9.21. The van der Waals surface area contributed by atoms with Gasteiger partial charge in [0.2, 0.25) is 5.91 Å². The van der Waals surface area contributed by atoms with Gasteiger partial charge in [-0.1, -0.05) is 42.7 Å². The zero-order valence-electron chi connectivity index (χ0n) is 13.6. The van der Waals surface area contributed by atoms with E-state index in [1.165, 1.54) is 11.1 Å². The summed E-state index contributed by atoms with van der Waals surface area (Å²) in [5.41, 5.74) is 8.04. The summed E-state index contributed by atoms with van der Waals surface area (Å²) < 4.78 is 0. The largest absolute Gasteiger partial charge is 0.334 e. The number of amides is 1. The van der Waals surface area contributed by atoms with Crippen LogP contribution in [0.3, 0.4) is 0 Å². The van der Waals surface area contributed by atoms with Crippen molar-refractivity contribution in [2.24, 2.45) is 5.73 Å². The minimum atomic E-state index is 0.246. The normalized spacial score (nSPS) is 18.5. The second-order valence-corrected chi connectivity index (χ2v) is 7.19. The fourth-order valence-corrected chi connectivity index (χ4v) is 3.97. The minimum Gasteiger partial charge on any atom is -0.334 e. The molecule has 0 bridgehead atoms. The molecule has 3 nitrogen and oxygen atoms in total. The molecule has 1 aliphatic heterocycles. The minimum absolute atomic E-state index is 0.246. The molecule has 1 unspecified atom stereocenters. The second-order valence-electron chi connectivity index (χ2n) is 6.04. The molecule has 1 aromatic carbocycles. The van der Waals surface area contributed by atoms with Crippen LogP contribution in [0.25, 0.3) is 0 Å². The van der Waals surface area contributed by atoms with Crippen LogP contribution in [0.4, 0.5) is 0 Å². The van der Waals surface area contributed by atoms with E-state index < -0.39 is 0 Å². The Morgan fingerprint density at radius 3 is 2.68 bits per heavy atom. The van der Waals surface area contributed by atoms with Crippen molar-refractivity contribution in [3.05, 3.63) is 35.4 Å². The number of thioether (sulfide) groups is 1. The van der Waals surface area contributed by atoms with E-state index in [1.54, 1.807) is 0 Å². The lowest BCUT2D eigenvalue weighted by atomic mass is 10.0. The summed E-state index contributed by atoms with van der Waals surface area (Å²) in [6, 6.07) is 8.88. The highest BCUT2D eigenvalue weighted by molar-refractivity contribution is 7.99. The van der Waals surface area contributed by atoms with E-state index >= 15 is 0 Å². The number of carbonyl (C=O) groups excluding carboxylic acids is 1. The third-order valence-corrected chi connectivity index (χ3v) is 5.28. The average Bonchev–Trinajstić information content (AvgIpc) is 2.55. The molecule has 4 heteroatoms. The lowest BCUT2D eigenvalue weighted by molar-refractivity contribution is -0.133. The van der Waals surface area contributed by atoms with Crippen molar-refractivity contribution in [1.82, 2.24) is 4.90 Å². The topological polar surface area (TPSA) is 46.3 Å². The van der Waals surface area contributed by atoms with Crippen molar-refractivity contribution >= 4 is 17.7 Å². The molecule has 0 aromatic heterocycles. The number of hydrogen-bond acceptors (Lipinski definition) is 3. The van der Waals surface area contributed by atoms with E-state index in [0.29, 0.717) is 12.3 Å². The summed E-state index contributed by atoms with van der Waals surface area (Å²) in [7, 11) is 0. The first-order chi connectivity index (χ1) is 10.7. The Morgan fingerprint density at radius 2 is 1.95 bits per heavy atom. The molecule has 22 heavy (non-hydrogen) atoms. The molecular formula is C18H28N2OS. The predicted molar refractivity (Wildman–Crippen MR) is 95.1 cm³/mol. The lowest BCUT2D eigenvalue weighted by Crippen LogP contribution is -2.40. The number of nitrogens with zero attached hydrogens (tertiary/aromatic N) is 1. The van der Waals surface area contributed by atoms with Gasteiger partial charge in [0.15, 0.2) is 0 Å². The maximum Gasteiger partial charge on any atom is 0.223 e. The summed E-state index contributed by atoms with van der Waals surface area (Å²) in [4.78, 5) is 14.7. The van der Waals surface area contributed by atoms with Crippen LogP contribution in [0.1, 0.15) is 49.3 Å². The molecule has 1 atom stereocenters. The van der Waals surface area contributed by atoms with Crippen LogP contribution in [0.2, 0.25) is 0 Å². The van der Waals surface area contributed by atoms with Crippen molar-refractivity contribution in [3.63, 3.8) is 0 Å². The van der Waals surface area contributed by atoms with Gasteiger partial charge in [0.25, 0.3) is 0 Å². The van der Waals surface area contributed by atoms with Gasteiger partial charge >= 0.3 is 0 Å². The molecule has 0 radical (unpaired) electrons. The van der Waals surface area contributed by atoms with Gasteiger partial charge in [-0.05, 0) is 31.9 Å². The van der Waals surface area contributed by atoms with Crippen molar-refractivity contribution < 1.29 is 4.79 Å². The SMILES string of the molecule is Cc1ccc(C2CSCCN2C(=O)CCCCCCN)cc1. The zero-order chi connectivity index (χ0) is 15.8. The lowest BCUT2D eigenvalue weighted by Gasteiger charge is -2.36. The van der Waals surface area contributed by atoms with Gasteiger partial charge in [-0.2, -0.15) is 11.8 Å². The molecule has 1 amide bonds. The van der Waals surface area contributed by atoms with Crippen LogP contribution in [-0.2, 0) is 4.79 Å². The zero-order valence-corrected chi connectivity index (χ0v) is 14.4. The van der Waals surface area contributed by atoms with E-state index in [4.69, 9.17) is 5.73 Å². The number of benzene rings is 1.